The fourth-order valence-electron chi connectivity index (χ4n) is 3.55. The molecule has 2 heterocycles. The molecule has 1 N–H and O–H groups in total. The van der Waals surface area contributed by atoms with Gasteiger partial charge in [0.1, 0.15) is 5.69 Å². The molecular weight excluding hydrogens is 407 g/mol. The van der Waals surface area contributed by atoms with Crippen LogP contribution in [0.5, 0.6) is 0 Å². The van der Waals surface area contributed by atoms with E-state index in [1.54, 1.807) is 43.3 Å². The number of rotatable bonds is 2. The van der Waals surface area contributed by atoms with E-state index in [1.807, 2.05) is 0 Å². The lowest BCUT2D eigenvalue weighted by atomic mass is 10.0. The van der Waals surface area contributed by atoms with Crippen molar-refractivity contribution in [1.29, 1.82) is 0 Å². The zero-order valence-electron chi connectivity index (χ0n) is 16.5. The van der Waals surface area contributed by atoms with Gasteiger partial charge < -0.3 is 10.2 Å². The molecule has 2 aromatic carbocycles. The van der Waals surface area contributed by atoms with Gasteiger partial charge in [-0.3, -0.25) is 14.6 Å². The first kappa shape index (κ1) is 20.6. The second-order valence-electron chi connectivity index (χ2n) is 7.32. The second kappa shape index (κ2) is 7.86. The Labute approximate surface area is 176 Å². The highest BCUT2D eigenvalue weighted by molar-refractivity contribution is 6.10. The molecule has 0 saturated heterocycles. The lowest BCUT2D eigenvalue weighted by molar-refractivity contribution is -0.137. The Morgan fingerprint density at radius 1 is 1.06 bits per heavy atom. The molecule has 1 aliphatic rings. The molecule has 1 aromatic heterocycles. The highest BCUT2D eigenvalue weighted by atomic mass is 19.4. The SMILES string of the molecule is CC1CN(C(=O)c2cc(-c3cccc(C(F)(F)F)c3)ccn2)c2ccccc2C(=O)N1. The van der Waals surface area contributed by atoms with Crippen LogP contribution in [0, 0.1) is 0 Å². The highest BCUT2D eigenvalue weighted by Gasteiger charge is 2.31. The van der Waals surface area contributed by atoms with E-state index in [0.29, 0.717) is 22.4 Å². The molecule has 4 rings (SSSR count). The van der Waals surface area contributed by atoms with Crippen LogP contribution in [-0.2, 0) is 6.18 Å². The zero-order valence-corrected chi connectivity index (χ0v) is 16.5. The van der Waals surface area contributed by atoms with Crippen molar-refractivity contribution in [2.75, 3.05) is 11.4 Å². The number of carbonyl (C=O) groups excluding carboxylic acids is 2. The largest absolute Gasteiger partial charge is 0.416 e. The molecule has 0 fully saturated rings. The van der Waals surface area contributed by atoms with Crippen LogP contribution in [0.25, 0.3) is 11.1 Å². The van der Waals surface area contributed by atoms with Crippen molar-refractivity contribution in [3.05, 3.63) is 83.7 Å². The fourth-order valence-corrected chi connectivity index (χ4v) is 3.55. The maximum Gasteiger partial charge on any atom is 0.416 e. The van der Waals surface area contributed by atoms with Crippen LogP contribution in [0.1, 0.15) is 33.3 Å². The van der Waals surface area contributed by atoms with Crippen LogP contribution in [0.15, 0.2) is 66.9 Å². The Morgan fingerprint density at radius 2 is 1.81 bits per heavy atom. The summed E-state index contributed by atoms with van der Waals surface area (Å²) in [7, 11) is 0. The second-order valence-corrected chi connectivity index (χ2v) is 7.32. The Bertz CT molecular complexity index is 1160. The number of nitrogens with zero attached hydrogens (tertiary/aromatic N) is 2. The number of halogens is 3. The molecule has 5 nitrogen and oxygen atoms in total. The van der Waals surface area contributed by atoms with Gasteiger partial charge in [0, 0.05) is 18.8 Å². The molecule has 0 saturated carbocycles. The standard InChI is InChI=1S/C23H18F3N3O2/c1-14-13-29(20-8-3-2-7-18(20)21(30)28-14)22(31)19-12-16(9-10-27-19)15-5-4-6-17(11-15)23(24,25)26/h2-12,14H,13H2,1H3,(H,28,30). The summed E-state index contributed by atoms with van der Waals surface area (Å²) in [5.41, 5.74) is 0.901. The van der Waals surface area contributed by atoms with Crippen molar-refractivity contribution in [3.8, 4) is 11.1 Å². The number of alkyl halides is 3. The number of anilines is 1. The number of carbonyl (C=O) groups is 2. The number of pyridine rings is 1. The summed E-state index contributed by atoms with van der Waals surface area (Å²) in [6, 6.07) is 14.4. The van der Waals surface area contributed by atoms with Crippen molar-refractivity contribution < 1.29 is 22.8 Å². The molecular formula is C23H18F3N3O2. The van der Waals surface area contributed by atoms with Crippen molar-refractivity contribution in [2.24, 2.45) is 0 Å². The average molecular weight is 425 g/mol. The molecule has 0 spiro atoms. The number of amides is 2. The summed E-state index contributed by atoms with van der Waals surface area (Å²) < 4.78 is 39.2. The summed E-state index contributed by atoms with van der Waals surface area (Å²) in [5, 5.41) is 2.83. The number of aromatic nitrogens is 1. The Kier molecular flexibility index (Phi) is 5.22. The van der Waals surface area contributed by atoms with Crippen LogP contribution in [0.3, 0.4) is 0 Å². The van der Waals surface area contributed by atoms with E-state index in [0.717, 1.165) is 12.1 Å². The summed E-state index contributed by atoms with van der Waals surface area (Å²) in [4.78, 5) is 31.3. The third-order valence-electron chi connectivity index (χ3n) is 5.02. The van der Waals surface area contributed by atoms with Crippen LogP contribution in [0.2, 0.25) is 0 Å². The lowest BCUT2D eigenvalue weighted by Crippen LogP contribution is -2.41. The van der Waals surface area contributed by atoms with Crippen molar-refractivity contribution in [2.45, 2.75) is 19.1 Å². The molecule has 0 radical (unpaired) electrons. The monoisotopic (exact) mass is 425 g/mol. The third-order valence-corrected chi connectivity index (χ3v) is 5.02. The summed E-state index contributed by atoms with van der Waals surface area (Å²) in [6.45, 7) is 2.02. The number of nitrogens with one attached hydrogen (secondary N) is 1. The van der Waals surface area contributed by atoms with Crippen molar-refractivity contribution >= 4 is 17.5 Å². The van der Waals surface area contributed by atoms with Gasteiger partial charge in [-0.05, 0) is 54.4 Å². The lowest BCUT2D eigenvalue weighted by Gasteiger charge is -2.23. The normalized spacial score (nSPS) is 16.3. The van der Waals surface area contributed by atoms with Gasteiger partial charge in [-0.15, -0.1) is 0 Å². The van der Waals surface area contributed by atoms with Gasteiger partial charge in [-0.25, -0.2) is 0 Å². The van der Waals surface area contributed by atoms with E-state index in [2.05, 4.69) is 10.3 Å². The minimum absolute atomic E-state index is 0.0752. The number of hydrogen-bond acceptors (Lipinski definition) is 3. The minimum Gasteiger partial charge on any atom is -0.348 e. The molecule has 31 heavy (non-hydrogen) atoms. The maximum atomic E-state index is 13.3. The quantitative estimate of drug-likeness (QED) is 0.656. The first-order valence-corrected chi connectivity index (χ1v) is 9.59. The van der Waals surface area contributed by atoms with E-state index in [9.17, 15) is 22.8 Å². The molecule has 2 amide bonds. The Balaban J connectivity index is 1.72. The first-order valence-electron chi connectivity index (χ1n) is 9.59. The van der Waals surface area contributed by atoms with Gasteiger partial charge in [-0.1, -0.05) is 24.3 Å². The molecule has 3 aromatic rings. The topological polar surface area (TPSA) is 62.3 Å². The van der Waals surface area contributed by atoms with E-state index >= 15 is 0 Å². The molecule has 1 aliphatic heterocycles. The predicted octanol–water partition coefficient (Wildman–Crippen LogP) is 4.55. The minimum atomic E-state index is -4.47. The van der Waals surface area contributed by atoms with E-state index in [1.165, 1.54) is 23.2 Å². The molecule has 1 atom stereocenters. The van der Waals surface area contributed by atoms with Gasteiger partial charge >= 0.3 is 6.18 Å². The van der Waals surface area contributed by atoms with Crippen molar-refractivity contribution in [3.63, 3.8) is 0 Å². The third kappa shape index (κ3) is 4.14. The predicted molar refractivity (Wildman–Crippen MR) is 110 cm³/mol. The van der Waals surface area contributed by atoms with Crippen LogP contribution in [0.4, 0.5) is 18.9 Å². The molecule has 158 valence electrons. The summed E-state index contributed by atoms with van der Waals surface area (Å²) >= 11 is 0. The summed E-state index contributed by atoms with van der Waals surface area (Å²) in [6.07, 6.45) is -3.08. The smallest absolute Gasteiger partial charge is 0.348 e. The number of para-hydroxylation sites is 1. The maximum absolute atomic E-state index is 13.3. The van der Waals surface area contributed by atoms with Gasteiger partial charge in [-0.2, -0.15) is 13.2 Å². The Hall–Kier alpha value is -3.68. The van der Waals surface area contributed by atoms with E-state index < -0.39 is 17.6 Å². The van der Waals surface area contributed by atoms with Gasteiger partial charge in [0.25, 0.3) is 11.8 Å². The van der Waals surface area contributed by atoms with Crippen molar-refractivity contribution in [1.82, 2.24) is 10.3 Å². The van der Waals surface area contributed by atoms with Crippen LogP contribution < -0.4 is 10.2 Å². The van der Waals surface area contributed by atoms with E-state index in [-0.39, 0.29) is 24.2 Å². The van der Waals surface area contributed by atoms with Gasteiger partial charge in [0.05, 0.1) is 16.8 Å². The number of fused-ring (bicyclic) bond motifs is 1. The van der Waals surface area contributed by atoms with Crippen LogP contribution >= 0.6 is 0 Å². The summed E-state index contributed by atoms with van der Waals surface area (Å²) in [5.74, 6) is -0.714. The molecule has 0 bridgehead atoms. The number of hydrogen-bond donors (Lipinski definition) is 1. The number of benzene rings is 2. The fraction of sp³-hybridized carbons (Fsp3) is 0.174. The first-order chi connectivity index (χ1) is 14.7. The highest BCUT2D eigenvalue weighted by Crippen LogP contribution is 2.32. The average Bonchev–Trinajstić information content (AvgIpc) is 2.89. The van der Waals surface area contributed by atoms with Crippen LogP contribution in [-0.4, -0.2) is 29.4 Å². The molecule has 0 aliphatic carbocycles. The Morgan fingerprint density at radius 3 is 2.58 bits per heavy atom. The van der Waals surface area contributed by atoms with Gasteiger partial charge in [0.2, 0.25) is 0 Å². The molecule has 8 heteroatoms. The van der Waals surface area contributed by atoms with E-state index in [4.69, 9.17) is 0 Å². The molecule has 1 unspecified atom stereocenters. The zero-order chi connectivity index (χ0) is 22.2. The van der Waals surface area contributed by atoms with Gasteiger partial charge in [0.15, 0.2) is 0 Å².